The van der Waals surface area contributed by atoms with Crippen molar-refractivity contribution in [3.63, 3.8) is 0 Å². The minimum atomic E-state index is -0.995. The Morgan fingerprint density at radius 1 is 1.19 bits per heavy atom. The number of carbonyl (C=O) groups excluding carboxylic acids is 2. The molecule has 3 rings (SSSR count). The lowest BCUT2D eigenvalue weighted by Gasteiger charge is -2.41. The van der Waals surface area contributed by atoms with Crippen LogP contribution in [0.5, 0.6) is 0 Å². The highest BCUT2D eigenvalue weighted by molar-refractivity contribution is 6.07. The van der Waals surface area contributed by atoms with Gasteiger partial charge < -0.3 is 10.4 Å². The van der Waals surface area contributed by atoms with Gasteiger partial charge in [-0.05, 0) is 82.2 Å². The number of urea groups is 1. The molecule has 1 aromatic carbocycles. The van der Waals surface area contributed by atoms with E-state index in [9.17, 15) is 14.7 Å². The largest absolute Gasteiger partial charge is 0.378 e. The van der Waals surface area contributed by atoms with E-state index in [2.05, 4.69) is 53.4 Å². The standard InChI is InChI=1S/C25H35N3O3/c1-18(2)9-14-25(22(29)26-23(30)27-25)21-11-15-28(16-12-21)17-20-7-5-19(6-8-20)10-13-24(3,4)31/h5-8,18,21,31H,9,11-12,14-17H2,1-4H3,(H2,26,27,29,30)/t25-/m0/s1. The molecule has 2 aliphatic rings. The molecule has 31 heavy (non-hydrogen) atoms. The van der Waals surface area contributed by atoms with Crippen LogP contribution >= 0.6 is 0 Å². The number of benzene rings is 1. The maximum Gasteiger partial charge on any atom is 0.322 e. The molecule has 0 saturated carbocycles. The summed E-state index contributed by atoms with van der Waals surface area (Å²) in [7, 11) is 0. The van der Waals surface area contributed by atoms with Gasteiger partial charge in [-0.2, -0.15) is 0 Å². The van der Waals surface area contributed by atoms with Gasteiger partial charge in [-0.1, -0.05) is 37.8 Å². The molecule has 6 heteroatoms. The number of piperidine rings is 1. The summed E-state index contributed by atoms with van der Waals surface area (Å²) >= 11 is 0. The highest BCUT2D eigenvalue weighted by Gasteiger charge is 2.51. The van der Waals surface area contributed by atoms with Crippen molar-refractivity contribution in [3.8, 4) is 11.8 Å². The molecule has 0 aromatic heterocycles. The highest BCUT2D eigenvalue weighted by atomic mass is 16.3. The van der Waals surface area contributed by atoms with Crippen LogP contribution in [0.4, 0.5) is 4.79 Å². The minimum Gasteiger partial charge on any atom is -0.378 e. The fourth-order valence-electron chi connectivity index (χ4n) is 4.45. The molecule has 2 heterocycles. The summed E-state index contributed by atoms with van der Waals surface area (Å²) in [5, 5.41) is 15.2. The van der Waals surface area contributed by atoms with Crippen LogP contribution in [0.1, 0.15) is 64.5 Å². The molecular formula is C25H35N3O3. The number of nitrogens with zero attached hydrogens (tertiary/aromatic N) is 1. The van der Waals surface area contributed by atoms with E-state index >= 15 is 0 Å². The van der Waals surface area contributed by atoms with Crippen molar-refractivity contribution >= 4 is 11.9 Å². The quantitative estimate of drug-likeness (QED) is 0.483. The van der Waals surface area contributed by atoms with Gasteiger partial charge in [0.15, 0.2) is 0 Å². The third kappa shape index (κ3) is 6.09. The van der Waals surface area contributed by atoms with Crippen LogP contribution in [0.15, 0.2) is 24.3 Å². The summed E-state index contributed by atoms with van der Waals surface area (Å²) < 4.78 is 0. The van der Waals surface area contributed by atoms with Crippen molar-refractivity contribution in [1.29, 1.82) is 0 Å². The molecule has 2 saturated heterocycles. The van der Waals surface area contributed by atoms with Crippen molar-refractivity contribution in [2.45, 2.75) is 71.1 Å². The maximum atomic E-state index is 12.7. The topological polar surface area (TPSA) is 81.7 Å². The molecule has 1 aromatic rings. The molecule has 0 spiro atoms. The van der Waals surface area contributed by atoms with Gasteiger partial charge in [0.1, 0.15) is 11.1 Å². The first kappa shape index (κ1) is 23.3. The average molecular weight is 426 g/mol. The lowest BCUT2D eigenvalue weighted by molar-refractivity contribution is -0.127. The van der Waals surface area contributed by atoms with Gasteiger partial charge in [0.2, 0.25) is 0 Å². The smallest absolute Gasteiger partial charge is 0.322 e. The van der Waals surface area contributed by atoms with Gasteiger partial charge in [-0.3, -0.25) is 15.0 Å². The molecule has 1 atom stereocenters. The van der Waals surface area contributed by atoms with Crippen LogP contribution in [-0.4, -0.2) is 46.2 Å². The van der Waals surface area contributed by atoms with Crippen LogP contribution in [0.3, 0.4) is 0 Å². The maximum absolute atomic E-state index is 12.7. The Labute approximate surface area is 185 Å². The number of rotatable bonds is 6. The van der Waals surface area contributed by atoms with Gasteiger partial charge in [0, 0.05) is 12.1 Å². The molecular weight excluding hydrogens is 390 g/mol. The number of likely N-dealkylation sites (tertiary alicyclic amines) is 1. The Bertz CT molecular complexity index is 853. The molecule has 2 fully saturated rings. The third-order valence-corrected chi connectivity index (χ3v) is 6.24. The predicted molar refractivity (Wildman–Crippen MR) is 121 cm³/mol. The highest BCUT2D eigenvalue weighted by Crippen LogP contribution is 2.35. The zero-order chi connectivity index (χ0) is 22.6. The molecule has 0 unspecified atom stereocenters. The van der Waals surface area contributed by atoms with Gasteiger partial charge in [-0.15, -0.1) is 0 Å². The second-order valence-corrected chi connectivity index (χ2v) is 9.87. The van der Waals surface area contributed by atoms with E-state index in [1.165, 1.54) is 5.56 Å². The fraction of sp³-hybridized carbons (Fsp3) is 0.600. The number of hydrogen-bond acceptors (Lipinski definition) is 4. The number of amides is 3. The van der Waals surface area contributed by atoms with Crippen LogP contribution in [0, 0.1) is 23.7 Å². The monoisotopic (exact) mass is 425 g/mol. The molecule has 0 radical (unpaired) electrons. The second-order valence-electron chi connectivity index (χ2n) is 9.87. The van der Waals surface area contributed by atoms with Gasteiger partial charge in [0.25, 0.3) is 5.91 Å². The van der Waals surface area contributed by atoms with E-state index in [0.29, 0.717) is 12.3 Å². The molecule has 3 N–H and O–H groups in total. The van der Waals surface area contributed by atoms with Crippen LogP contribution in [0.2, 0.25) is 0 Å². The van der Waals surface area contributed by atoms with E-state index in [-0.39, 0.29) is 17.9 Å². The molecule has 2 aliphatic heterocycles. The third-order valence-electron chi connectivity index (χ3n) is 6.24. The lowest BCUT2D eigenvalue weighted by Crippen LogP contribution is -2.56. The van der Waals surface area contributed by atoms with Crippen LogP contribution in [-0.2, 0) is 11.3 Å². The van der Waals surface area contributed by atoms with Crippen molar-refractivity contribution in [2.75, 3.05) is 13.1 Å². The normalized spacial score (nSPS) is 22.8. The predicted octanol–water partition coefficient (Wildman–Crippen LogP) is 3.04. The molecule has 168 valence electrons. The van der Waals surface area contributed by atoms with Crippen LogP contribution in [0.25, 0.3) is 0 Å². The SMILES string of the molecule is CC(C)CC[C@@]1(C2CCN(Cc3ccc(C#CC(C)(C)O)cc3)CC2)NC(=O)NC1=O. The van der Waals surface area contributed by atoms with E-state index in [1.54, 1.807) is 13.8 Å². The summed E-state index contributed by atoms with van der Waals surface area (Å²) in [6.45, 7) is 10.3. The number of nitrogens with one attached hydrogen (secondary N) is 2. The number of hydrogen-bond donors (Lipinski definition) is 3. The Kier molecular flexibility index (Phi) is 7.08. The van der Waals surface area contributed by atoms with Gasteiger partial charge >= 0.3 is 6.03 Å². The Morgan fingerprint density at radius 2 is 1.84 bits per heavy atom. The van der Waals surface area contributed by atoms with E-state index in [1.807, 2.05) is 12.1 Å². The van der Waals surface area contributed by atoms with E-state index in [4.69, 9.17) is 0 Å². The number of carbonyl (C=O) groups is 2. The summed E-state index contributed by atoms with van der Waals surface area (Å²) in [5.41, 5.74) is 0.354. The first-order valence-corrected chi connectivity index (χ1v) is 11.3. The molecule has 6 nitrogen and oxygen atoms in total. The first-order chi connectivity index (χ1) is 14.6. The summed E-state index contributed by atoms with van der Waals surface area (Å²) in [4.78, 5) is 27.0. The van der Waals surface area contributed by atoms with Gasteiger partial charge in [-0.25, -0.2) is 4.79 Å². The number of aliphatic hydroxyl groups is 1. The van der Waals surface area contributed by atoms with Gasteiger partial charge in [0.05, 0.1) is 0 Å². The summed E-state index contributed by atoms with van der Waals surface area (Å²) in [6.07, 6.45) is 3.39. The first-order valence-electron chi connectivity index (χ1n) is 11.3. The van der Waals surface area contributed by atoms with Crippen molar-refractivity contribution in [1.82, 2.24) is 15.5 Å². The molecule has 0 aliphatic carbocycles. The van der Waals surface area contributed by atoms with Crippen molar-refractivity contribution in [3.05, 3.63) is 35.4 Å². The average Bonchev–Trinajstić information content (AvgIpc) is 3.00. The van der Waals surface area contributed by atoms with Crippen molar-refractivity contribution < 1.29 is 14.7 Å². The van der Waals surface area contributed by atoms with E-state index < -0.39 is 11.1 Å². The Balaban J connectivity index is 1.59. The fourth-order valence-corrected chi connectivity index (χ4v) is 4.45. The Hall–Kier alpha value is -2.36. The van der Waals surface area contributed by atoms with Crippen LogP contribution < -0.4 is 10.6 Å². The zero-order valence-corrected chi connectivity index (χ0v) is 19.1. The number of imide groups is 1. The summed E-state index contributed by atoms with van der Waals surface area (Å²) in [5.74, 6) is 6.32. The van der Waals surface area contributed by atoms with Crippen molar-refractivity contribution in [2.24, 2.45) is 11.8 Å². The molecule has 3 amide bonds. The minimum absolute atomic E-state index is 0.153. The lowest BCUT2D eigenvalue weighted by atomic mass is 9.74. The summed E-state index contributed by atoms with van der Waals surface area (Å²) in [6, 6.07) is 7.77. The zero-order valence-electron chi connectivity index (χ0n) is 19.1. The molecule has 0 bridgehead atoms. The van der Waals surface area contributed by atoms with E-state index in [0.717, 1.165) is 44.5 Å². The second kappa shape index (κ2) is 9.42. The Morgan fingerprint density at radius 3 is 2.35 bits per heavy atom.